The van der Waals surface area contributed by atoms with Gasteiger partial charge in [0.1, 0.15) is 0 Å². The first-order chi connectivity index (χ1) is 22.3. The third kappa shape index (κ3) is 4.24. The van der Waals surface area contributed by atoms with Crippen LogP contribution in [0.25, 0.3) is 65.0 Å². The molecule has 0 unspecified atom stereocenters. The van der Waals surface area contributed by atoms with Gasteiger partial charge in [0.25, 0.3) is 0 Å². The van der Waals surface area contributed by atoms with Crippen molar-refractivity contribution in [3.8, 4) is 11.1 Å². The highest BCUT2D eigenvalue weighted by Gasteiger charge is 2.16. The van der Waals surface area contributed by atoms with Crippen molar-refractivity contribution in [3.63, 3.8) is 0 Å². The first-order valence-electron chi connectivity index (χ1n) is 15.5. The molecule has 0 atom stereocenters. The minimum Gasteiger partial charge on any atom is -0.310 e. The minimum absolute atomic E-state index is 1.12. The maximum Gasteiger partial charge on any atom is 0.0468 e. The Morgan fingerprint density at radius 1 is 0.267 bits per heavy atom. The van der Waals surface area contributed by atoms with Crippen molar-refractivity contribution in [2.75, 3.05) is 4.90 Å². The Bertz CT molecular complexity index is 2500. The summed E-state index contributed by atoms with van der Waals surface area (Å²) in [5.74, 6) is 0. The van der Waals surface area contributed by atoms with Crippen molar-refractivity contribution in [3.05, 3.63) is 176 Å². The quantitative estimate of drug-likeness (QED) is 0.190. The van der Waals surface area contributed by atoms with E-state index in [1.165, 1.54) is 65.0 Å². The Balaban J connectivity index is 1.26. The minimum atomic E-state index is 1.12. The van der Waals surface area contributed by atoms with Gasteiger partial charge in [-0.2, -0.15) is 0 Å². The highest BCUT2D eigenvalue weighted by Crippen LogP contribution is 2.42. The molecule has 1 heteroatoms. The van der Waals surface area contributed by atoms with Crippen LogP contribution in [-0.4, -0.2) is 0 Å². The van der Waals surface area contributed by atoms with Crippen molar-refractivity contribution < 1.29 is 0 Å². The number of nitrogens with zero attached hydrogens (tertiary/aromatic N) is 1. The second-order valence-electron chi connectivity index (χ2n) is 11.8. The average molecular weight is 572 g/mol. The van der Waals surface area contributed by atoms with E-state index in [1.54, 1.807) is 0 Å². The van der Waals surface area contributed by atoms with E-state index in [2.05, 4.69) is 181 Å². The summed E-state index contributed by atoms with van der Waals surface area (Å²) in [6, 6.07) is 64.1. The normalized spacial score (nSPS) is 11.6. The van der Waals surface area contributed by atoms with Crippen molar-refractivity contribution in [2.24, 2.45) is 0 Å². The van der Waals surface area contributed by atoms with Crippen LogP contribution >= 0.6 is 0 Å². The number of hydrogen-bond donors (Lipinski definition) is 0. The van der Waals surface area contributed by atoms with E-state index in [-0.39, 0.29) is 0 Å². The fourth-order valence-electron chi connectivity index (χ4n) is 7.06. The lowest BCUT2D eigenvalue weighted by atomic mass is 9.94. The average Bonchev–Trinajstić information content (AvgIpc) is 3.12. The molecule has 0 heterocycles. The molecule has 0 aliphatic carbocycles. The molecule has 9 rings (SSSR count). The zero-order valence-corrected chi connectivity index (χ0v) is 24.7. The molecule has 0 N–H and O–H groups in total. The fraction of sp³-hybridized carbons (Fsp3) is 0. The second kappa shape index (κ2) is 10.4. The summed E-state index contributed by atoms with van der Waals surface area (Å²) in [7, 11) is 0. The zero-order chi connectivity index (χ0) is 29.7. The van der Waals surface area contributed by atoms with E-state index in [0.717, 1.165) is 17.1 Å². The summed E-state index contributed by atoms with van der Waals surface area (Å²) in [6.45, 7) is 0. The molecule has 0 saturated carbocycles. The molecule has 1 nitrogen and oxygen atoms in total. The van der Waals surface area contributed by atoms with Crippen molar-refractivity contribution in [2.45, 2.75) is 0 Å². The molecule has 0 fully saturated rings. The highest BCUT2D eigenvalue weighted by atomic mass is 15.1. The molecule has 0 saturated heterocycles. The standard InChI is InChI=1S/C44H29N/c1-2-12-33-28-35(25-20-30(33)10-1)45(34-23-21-32(22-24-34)38-19-9-13-31-11-3-4-14-37(31)38)36-26-27-43-41-17-6-5-15-39(41)40-16-7-8-18-42(40)44(43)29-36/h1-29H. The van der Waals surface area contributed by atoms with Gasteiger partial charge < -0.3 is 4.90 Å². The smallest absolute Gasteiger partial charge is 0.0468 e. The largest absolute Gasteiger partial charge is 0.310 e. The Labute approximate surface area is 262 Å². The van der Waals surface area contributed by atoms with Gasteiger partial charge in [-0.3, -0.25) is 0 Å². The van der Waals surface area contributed by atoms with Gasteiger partial charge >= 0.3 is 0 Å². The summed E-state index contributed by atoms with van der Waals surface area (Å²) in [5, 5.41) is 12.7. The zero-order valence-electron chi connectivity index (χ0n) is 24.7. The molecule has 9 aromatic carbocycles. The van der Waals surface area contributed by atoms with Crippen LogP contribution in [0.3, 0.4) is 0 Å². The van der Waals surface area contributed by atoms with Gasteiger partial charge in [0.05, 0.1) is 0 Å². The summed E-state index contributed by atoms with van der Waals surface area (Å²) >= 11 is 0. The molecule has 0 aliphatic rings. The molecule has 0 amide bonds. The van der Waals surface area contributed by atoms with Crippen molar-refractivity contribution in [1.29, 1.82) is 0 Å². The fourth-order valence-corrected chi connectivity index (χ4v) is 7.06. The molecule has 0 radical (unpaired) electrons. The predicted octanol–water partition coefficient (Wildman–Crippen LogP) is 12.6. The maximum absolute atomic E-state index is 2.39. The van der Waals surface area contributed by atoms with Crippen LogP contribution in [0.2, 0.25) is 0 Å². The molecule has 0 aromatic heterocycles. The monoisotopic (exact) mass is 571 g/mol. The Morgan fingerprint density at radius 2 is 0.756 bits per heavy atom. The van der Waals surface area contributed by atoms with Crippen LogP contribution in [0.15, 0.2) is 176 Å². The molecule has 0 aliphatic heterocycles. The van der Waals surface area contributed by atoms with Crippen LogP contribution in [-0.2, 0) is 0 Å². The van der Waals surface area contributed by atoms with Crippen LogP contribution < -0.4 is 4.90 Å². The first-order valence-corrected chi connectivity index (χ1v) is 15.5. The van der Waals surface area contributed by atoms with E-state index in [1.807, 2.05) is 0 Å². The number of hydrogen-bond acceptors (Lipinski definition) is 1. The van der Waals surface area contributed by atoms with E-state index in [4.69, 9.17) is 0 Å². The van der Waals surface area contributed by atoms with Crippen molar-refractivity contribution >= 4 is 70.9 Å². The molecule has 9 aromatic rings. The summed E-state index contributed by atoms with van der Waals surface area (Å²) in [6.07, 6.45) is 0. The number of fused-ring (bicyclic) bond motifs is 8. The van der Waals surface area contributed by atoms with Gasteiger partial charge in [-0.1, -0.05) is 140 Å². The first kappa shape index (κ1) is 25.6. The lowest BCUT2D eigenvalue weighted by molar-refractivity contribution is 1.30. The molecular weight excluding hydrogens is 542 g/mol. The van der Waals surface area contributed by atoms with Crippen molar-refractivity contribution in [1.82, 2.24) is 0 Å². The predicted molar refractivity (Wildman–Crippen MR) is 194 cm³/mol. The topological polar surface area (TPSA) is 3.24 Å². The molecule has 0 bridgehead atoms. The second-order valence-corrected chi connectivity index (χ2v) is 11.8. The summed E-state index contributed by atoms with van der Waals surface area (Å²) in [5.41, 5.74) is 5.86. The highest BCUT2D eigenvalue weighted by molar-refractivity contribution is 6.25. The number of benzene rings is 9. The molecule has 210 valence electrons. The van der Waals surface area contributed by atoms with Crippen LogP contribution in [0.5, 0.6) is 0 Å². The Kier molecular flexibility index (Phi) is 5.89. The Morgan fingerprint density at radius 3 is 1.47 bits per heavy atom. The van der Waals surface area contributed by atoms with Gasteiger partial charge in [-0.25, -0.2) is 0 Å². The molecule has 0 spiro atoms. The SMILES string of the molecule is c1ccc2cc(N(c3ccc(-c4cccc5ccccc45)cc3)c3ccc4c5ccccc5c5ccccc5c4c3)ccc2c1. The summed E-state index contributed by atoms with van der Waals surface area (Å²) < 4.78 is 0. The molecular formula is C44H29N. The van der Waals surface area contributed by atoms with Crippen LogP contribution in [0.4, 0.5) is 17.1 Å². The van der Waals surface area contributed by atoms with Gasteiger partial charge in [0, 0.05) is 17.1 Å². The molecule has 45 heavy (non-hydrogen) atoms. The number of rotatable bonds is 4. The van der Waals surface area contributed by atoms with Crippen LogP contribution in [0, 0.1) is 0 Å². The maximum atomic E-state index is 2.39. The van der Waals surface area contributed by atoms with Gasteiger partial charge in [-0.05, 0) is 101 Å². The van der Waals surface area contributed by atoms with E-state index in [9.17, 15) is 0 Å². The van der Waals surface area contributed by atoms with Gasteiger partial charge in [0.15, 0.2) is 0 Å². The lowest BCUT2D eigenvalue weighted by Crippen LogP contribution is -2.10. The van der Waals surface area contributed by atoms with E-state index >= 15 is 0 Å². The van der Waals surface area contributed by atoms with Gasteiger partial charge in [0.2, 0.25) is 0 Å². The van der Waals surface area contributed by atoms with Gasteiger partial charge in [-0.15, -0.1) is 0 Å². The third-order valence-corrected chi connectivity index (χ3v) is 9.20. The lowest BCUT2D eigenvalue weighted by Gasteiger charge is -2.27. The summed E-state index contributed by atoms with van der Waals surface area (Å²) in [4.78, 5) is 2.39. The Hall–Kier alpha value is -5.92. The third-order valence-electron chi connectivity index (χ3n) is 9.20. The van der Waals surface area contributed by atoms with E-state index < -0.39 is 0 Å². The van der Waals surface area contributed by atoms with Crippen LogP contribution in [0.1, 0.15) is 0 Å². The number of anilines is 3. The van der Waals surface area contributed by atoms with E-state index in [0.29, 0.717) is 0 Å².